The van der Waals surface area contributed by atoms with Crippen LogP contribution in [0.5, 0.6) is 0 Å². The first kappa shape index (κ1) is 17.4. The van der Waals surface area contributed by atoms with Gasteiger partial charge in [0.15, 0.2) is 6.29 Å². The number of hydrogen-bond donors (Lipinski definition) is 1. The fraction of sp³-hybridized carbons (Fsp3) is 0.824. The molecule has 0 spiro atoms. The van der Waals surface area contributed by atoms with Gasteiger partial charge in [-0.3, -0.25) is 4.79 Å². The van der Waals surface area contributed by atoms with E-state index >= 15 is 0 Å². The number of carboxylic acid groups (broad SMARTS) is 1. The van der Waals surface area contributed by atoms with Crippen molar-refractivity contribution in [3.05, 3.63) is 12.2 Å². The fourth-order valence-electron chi connectivity index (χ4n) is 3.78. The summed E-state index contributed by atoms with van der Waals surface area (Å²) < 4.78 is 16.8. The molecule has 0 radical (unpaired) electrons. The maximum absolute atomic E-state index is 10.5. The Hall–Kier alpha value is -0.910. The molecule has 22 heavy (non-hydrogen) atoms. The first-order chi connectivity index (χ1) is 10.7. The van der Waals surface area contributed by atoms with Gasteiger partial charge in [-0.2, -0.15) is 0 Å². The number of unbranched alkanes of at least 4 members (excludes halogenated alkanes) is 1. The Morgan fingerprint density at radius 1 is 1.23 bits per heavy atom. The number of rotatable bonds is 10. The number of fused-ring (bicyclic) bond motifs is 2. The summed E-state index contributed by atoms with van der Waals surface area (Å²) >= 11 is 0. The van der Waals surface area contributed by atoms with Gasteiger partial charge in [0.05, 0.1) is 12.2 Å². The molecule has 2 saturated heterocycles. The van der Waals surface area contributed by atoms with Crippen LogP contribution < -0.4 is 0 Å². The number of methoxy groups -OCH3 is 2. The van der Waals surface area contributed by atoms with E-state index in [1.807, 2.05) is 0 Å². The summed E-state index contributed by atoms with van der Waals surface area (Å²) in [5, 5.41) is 8.62. The number of ether oxygens (including phenoxy) is 3. The molecule has 2 rings (SSSR count). The molecule has 5 heteroatoms. The largest absolute Gasteiger partial charge is 0.481 e. The van der Waals surface area contributed by atoms with Crippen molar-refractivity contribution in [2.75, 3.05) is 14.2 Å². The molecule has 0 amide bonds. The molecule has 2 fully saturated rings. The summed E-state index contributed by atoms with van der Waals surface area (Å²) in [6, 6.07) is 0. The molecule has 4 atom stereocenters. The number of carbonyl (C=O) groups is 1. The van der Waals surface area contributed by atoms with E-state index in [0.717, 1.165) is 32.1 Å². The highest BCUT2D eigenvalue weighted by atomic mass is 16.7. The van der Waals surface area contributed by atoms with Gasteiger partial charge >= 0.3 is 5.97 Å². The Labute approximate surface area is 132 Å². The van der Waals surface area contributed by atoms with E-state index in [9.17, 15) is 4.79 Å². The molecule has 0 aromatic carbocycles. The molecule has 5 nitrogen and oxygen atoms in total. The van der Waals surface area contributed by atoms with Gasteiger partial charge in [0.1, 0.15) is 0 Å². The minimum Gasteiger partial charge on any atom is -0.481 e. The van der Waals surface area contributed by atoms with Crippen molar-refractivity contribution in [2.45, 2.75) is 63.4 Å². The van der Waals surface area contributed by atoms with Crippen LogP contribution in [0.25, 0.3) is 0 Å². The normalized spacial score (nSPS) is 30.7. The molecule has 2 heterocycles. The Balaban J connectivity index is 1.80. The molecule has 0 aliphatic carbocycles. The third-order valence-electron chi connectivity index (χ3n) is 4.92. The molecule has 2 aliphatic rings. The van der Waals surface area contributed by atoms with Crippen LogP contribution in [0.4, 0.5) is 0 Å². The van der Waals surface area contributed by atoms with E-state index in [1.54, 1.807) is 14.2 Å². The van der Waals surface area contributed by atoms with Crippen LogP contribution in [-0.4, -0.2) is 43.8 Å². The Morgan fingerprint density at radius 2 is 1.91 bits per heavy atom. The molecule has 0 aromatic heterocycles. The maximum Gasteiger partial charge on any atom is 0.303 e. The van der Waals surface area contributed by atoms with E-state index in [0.29, 0.717) is 30.5 Å². The lowest BCUT2D eigenvalue weighted by atomic mass is 9.75. The molecule has 126 valence electrons. The minimum atomic E-state index is -0.722. The molecule has 2 aliphatic heterocycles. The molecule has 0 unspecified atom stereocenters. The second-order valence-electron chi connectivity index (χ2n) is 6.25. The van der Waals surface area contributed by atoms with Crippen LogP contribution in [0, 0.1) is 11.8 Å². The van der Waals surface area contributed by atoms with Gasteiger partial charge in [0, 0.05) is 27.1 Å². The summed E-state index contributed by atoms with van der Waals surface area (Å²) in [4.78, 5) is 10.5. The Morgan fingerprint density at radius 3 is 2.55 bits per heavy atom. The summed E-state index contributed by atoms with van der Waals surface area (Å²) in [5.74, 6) is 0.301. The molecule has 0 saturated carbocycles. The van der Waals surface area contributed by atoms with Gasteiger partial charge in [-0.25, -0.2) is 0 Å². The summed E-state index contributed by atoms with van der Waals surface area (Å²) in [5.41, 5.74) is 0. The number of aliphatic carboxylic acids is 1. The first-order valence-electron chi connectivity index (χ1n) is 8.23. The monoisotopic (exact) mass is 312 g/mol. The molecular weight excluding hydrogens is 284 g/mol. The zero-order valence-corrected chi connectivity index (χ0v) is 13.6. The van der Waals surface area contributed by atoms with E-state index < -0.39 is 5.97 Å². The SMILES string of the molecule is COC(C[C@H]1[C@@H](C/C=C\CCCC(=O)O)[C@H]2CC[C@@H]1O2)OC. The van der Waals surface area contributed by atoms with Crippen LogP contribution in [0.1, 0.15) is 44.9 Å². The molecular formula is C17H28O5. The zero-order valence-electron chi connectivity index (χ0n) is 13.6. The van der Waals surface area contributed by atoms with Crippen LogP contribution in [0.2, 0.25) is 0 Å². The van der Waals surface area contributed by atoms with Gasteiger partial charge in [-0.1, -0.05) is 12.2 Å². The first-order valence-corrected chi connectivity index (χ1v) is 8.23. The van der Waals surface area contributed by atoms with Gasteiger partial charge in [-0.15, -0.1) is 0 Å². The Bertz CT molecular complexity index is 377. The van der Waals surface area contributed by atoms with E-state index in [-0.39, 0.29) is 12.7 Å². The van der Waals surface area contributed by atoms with Gasteiger partial charge in [0.25, 0.3) is 0 Å². The highest BCUT2D eigenvalue weighted by Gasteiger charge is 2.48. The number of allylic oxidation sites excluding steroid dienone is 2. The van der Waals surface area contributed by atoms with Crippen molar-refractivity contribution in [2.24, 2.45) is 11.8 Å². The highest BCUT2D eigenvalue weighted by molar-refractivity contribution is 5.66. The lowest BCUT2D eigenvalue weighted by molar-refractivity contribution is -0.137. The van der Waals surface area contributed by atoms with Crippen molar-refractivity contribution < 1.29 is 24.1 Å². The topological polar surface area (TPSA) is 65.0 Å². The minimum absolute atomic E-state index is 0.157. The average Bonchev–Trinajstić information content (AvgIpc) is 3.09. The standard InChI is InChI=1S/C17H28O5/c1-20-17(21-2)11-13-12(14-9-10-15(13)22-14)7-5-3-4-6-8-16(18)19/h3,5,12-15,17H,4,6-11H2,1-2H3,(H,18,19)/b5-3-/t12-,13+,14-,15+/m1/s1. The second-order valence-corrected chi connectivity index (χ2v) is 6.25. The zero-order chi connectivity index (χ0) is 15.9. The molecule has 2 bridgehead atoms. The van der Waals surface area contributed by atoms with Crippen molar-refractivity contribution >= 4 is 5.97 Å². The van der Waals surface area contributed by atoms with Gasteiger partial charge in [-0.05, 0) is 43.9 Å². The molecule has 0 aromatic rings. The van der Waals surface area contributed by atoms with Crippen molar-refractivity contribution in [1.29, 1.82) is 0 Å². The lowest BCUT2D eigenvalue weighted by Crippen LogP contribution is -2.31. The highest BCUT2D eigenvalue weighted by Crippen LogP contribution is 2.47. The Kier molecular flexibility index (Phi) is 6.86. The van der Waals surface area contributed by atoms with Crippen LogP contribution in [0.3, 0.4) is 0 Å². The van der Waals surface area contributed by atoms with E-state index in [4.69, 9.17) is 19.3 Å². The summed E-state index contributed by atoms with van der Waals surface area (Å²) in [6.07, 6.45) is 10.8. The van der Waals surface area contributed by atoms with E-state index in [2.05, 4.69) is 12.2 Å². The van der Waals surface area contributed by atoms with Gasteiger partial charge in [0.2, 0.25) is 0 Å². The van der Waals surface area contributed by atoms with Gasteiger partial charge < -0.3 is 19.3 Å². The second kappa shape index (κ2) is 8.65. The lowest BCUT2D eigenvalue weighted by Gasteiger charge is -2.29. The quantitative estimate of drug-likeness (QED) is 0.382. The predicted molar refractivity (Wildman–Crippen MR) is 82.5 cm³/mol. The van der Waals surface area contributed by atoms with Crippen LogP contribution in [0.15, 0.2) is 12.2 Å². The number of carboxylic acids is 1. The van der Waals surface area contributed by atoms with Crippen molar-refractivity contribution in [1.82, 2.24) is 0 Å². The average molecular weight is 312 g/mol. The third kappa shape index (κ3) is 4.54. The predicted octanol–water partition coefficient (Wildman–Crippen LogP) is 2.99. The van der Waals surface area contributed by atoms with Crippen LogP contribution in [-0.2, 0) is 19.0 Å². The molecule has 1 N–H and O–H groups in total. The maximum atomic E-state index is 10.5. The summed E-state index contributed by atoms with van der Waals surface area (Å²) in [6.45, 7) is 0. The van der Waals surface area contributed by atoms with E-state index in [1.165, 1.54) is 0 Å². The van der Waals surface area contributed by atoms with Crippen molar-refractivity contribution in [3.63, 3.8) is 0 Å². The summed E-state index contributed by atoms with van der Waals surface area (Å²) in [7, 11) is 3.36. The van der Waals surface area contributed by atoms with Crippen LogP contribution >= 0.6 is 0 Å². The fourth-order valence-corrected chi connectivity index (χ4v) is 3.78. The van der Waals surface area contributed by atoms with Crippen molar-refractivity contribution in [3.8, 4) is 0 Å². The number of hydrogen-bond acceptors (Lipinski definition) is 4. The smallest absolute Gasteiger partial charge is 0.303 e. The third-order valence-corrected chi connectivity index (χ3v) is 4.92.